The summed E-state index contributed by atoms with van der Waals surface area (Å²) in [7, 11) is 0. The van der Waals surface area contributed by atoms with Crippen LogP contribution in [0.1, 0.15) is 19.4 Å². The summed E-state index contributed by atoms with van der Waals surface area (Å²) < 4.78 is 2.77. The lowest BCUT2D eigenvalue weighted by molar-refractivity contribution is 1.50. The molecule has 12 heavy (non-hydrogen) atoms. The molecule has 0 aliphatic heterocycles. The first kappa shape index (κ1) is 11.1. The third-order valence-corrected chi connectivity index (χ3v) is 1.54. The van der Waals surface area contributed by atoms with Crippen molar-refractivity contribution in [2.24, 2.45) is 0 Å². The van der Waals surface area contributed by atoms with Crippen molar-refractivity contribution in [1.29, 1.82) is 0 Å². The van der Waals surface area contributed by atoms with E-state index in [9.17, 15) is 0 Å². The van der Waals surface area contributed by atoms with Crippen LogP contribution in [0.3, 0.4) is 0 Å². The lowest BCUT2D eigenvalue weighted by Crippen LogP contribution is -1.82. The molecule has 0 amide bonds. The first-order valence-electron chi connectivity index (χ1n) is 4.00. The summed E-state index contributed by atoms with van der Waals surface area (Å²) in [5.41, 5.74) is 2.05. The molecule has 0 aliphatic carbocycles. The Bertz CT molecular complexity index is 233. The fourth-order valence-corrected chi connectivity index (χ4v) is 0.980. The molecule has 0 atom stereocenters. The van der Waals surface area contributed by atoms with Gasteiger partial charge >= 0.3 is 0 Å². The predicted octanol–water partition coefficient (Wildman–Crippen LogP) is 3.61. The summed E-state index contributed by atoms with van der Waals surface area (Å²) in [5.74, 6) is 0. The fraction of sp³-hybridized carbons (Fsp3) is 0.200. The second-order valence-electron chi connectivity index (χ2n) is 1.90. The van der Waals surface area contributed by atoms with Gasteiger partial charge in [-0.05, 0) is 11.6 Å². The number of nitrogens with one attached hydrogen (secondary N) is 1. The summed E-state index contributed by atoms with van der Waals surface area (Å²) in [4.78, 5) is 0. The second kappa shape index (κ2) is 6.80. The van der Waals surface area contributed by atoms with Crippen molar-refractivity contribution in [2.45, 2.75) is 13.8 Å². The van der Waals surface area contributed by atoms with Crippen molar-refractivity contribution < 1.29 is 0 Å². The van der Waals surface area contributed by atoms with E-state index >= 15 is 0 Å². The van der Waals surface area contributed by atoms with E-state index in [1.807, 2.05) is 38.1 Å². The van der Waals surface area contributed by atoms with Crippen LogP contribution in [0.4, 0.5) is 5.69 Å². The molecule has 1 rings (SSSR count). The molecule has 0 saturated heterocycles. The van der Waals surface area contributed by atoms with Crippen molar-refractivity contribution in [3.8, 4) is 0 Å². The molecule has 0 aliphatic rings. The Kier molecular flexibility index (Phi) is 6.29. The van der Waals surface area contributed by atoms with Gasteiger partial charge in [-0.2, -0.15) is 0 Å². The number of hydrogen-bond acceptors (Lipinski definition) is 2. The van der Waals surface area contributed by atoms with E-state index in [2.05, 4.69) is 24.1 Å². The highest BCUT2D eigenvalue weighted by Crippen LogP contribution is 2.15. The van der Waals surface area contributed by atoms with Gasteiger partial charge in [-0.1, -0.05) is 57.5 Å². The van der Waals surface area contributed by atoms with Crippen molar-refractivity contribution in [1.82, 2.24) is 0 Å². The Morgan fingerprint density at radius 1 is 1.33 bits per heavy atom. The number of benzene rings is 1. The highest BCUT2D eigenvalue weighted by Gasteiger charge is 1.91. The number of thiol groups is 1. The standard InChI is InChI=1S/C8H9NS.C2H6/c1-2-7-5-3-4-6-8(7)9-10;1-2/h2-6,9-10H,1H2;1-2H3. The SMILES string of the molecule is C=Cc1ccccc1NS.CC. The highest BCUT2D eigenvalue weighted by atomic mass is 32.1. The minimum absolute atomic E-state index is 0.987. The van der Waals surface area contributed by atoms with Gasteiger partial charge in [0.2, 0.25) is 0 Å². The molecule has 0 unspecified atom stereocenters. The Labute approximate surface area is 80.0 Å². The maximum Gasteiger partial charge on any atom is 0.0510 e. The Hall–Kier alpha value is -0.890. The molecule has 0 fully saturated rings. The van der Waals surface area contributed by atoms with E-state index in [1.54, 1.807) is 6.08 Å². The van der Waals surface area contributed by atoms with Crippen molar-refractivity contribution in [3.05, 3.63) is 36.4 Å². The van der Waals surface area contributed by atoms with E-state index in [1.165, 1.54) is 0 Å². The van der Waals surface area contributed by atoms with E-state index in [4.69, 9.17) is 0 Å². The lowest BCUT2D eigenvalue weighted by atomic mass is 10.2. The summed E-state index contributed by atoms with van der Waals surface area (Å²) in [6, 6.07) is 7.84. The third kappa shape index (κ3) is 3.01. The van der Waals surface area contributed by atoms with Gasteiger partial charge in [-0.3, -0.25) is 0 Å². The average molecular weight is 181 g/mol. The van der Waals surface area contributed by atoms with Gasteiger partial charge < -0.3 is 4.72 Å². The molecule has 0 saturated carbocycles. The monoisotopic (exact) mass is 181 g/mol. The van der Waals surface area contributed by atoms with Gasteiger partial charge in [0, 0.05) is 0 Å². The minimum Gasteiger partial charge on any atom is -0.332 e. The molecule has 0 radical (unpaired) electrons. The van der Waals surface area contributed by atoms with Gasteiger partial charge in [0.15, 0.2) is 0 Å². The molecule has 0 bridgehead atoms. The van der Waals surface area contributed by atoms with Gasteiger partial charge in [0.1, 0.15) is 0 Å². The van der Waals surface area contributed by atoms with Crippen LogP contribution < -0.4 is 4.72 Å². The van der Waals surface area contributed by atoms with E-state index < -0.39 is 0 Å². The van der Waals surface area contributed by atoms with Gasteiger partial charge in [0.25, 0.3) is 0 Å². The molecular formula is C10H15NS. The molecule has 0 heterocycles. The molecule has 0 aromatic heterocycles. The smallest absolute Gasteiger partial charge is 0.0510 e. The summed E-state index contributed by atoms with van der Waals surface area (Å²) in [6.07, 6.45) is 1.79. The van der Waals surface area contributed by atoms with Crippen LogP contribution in [-0.4, -0.2) is 0 Å². The lowest BCUT2D eigenvalue weighted by Gasteiger charge is -2.01. The summed E-state index contributed by atoms with van der Waals surface area (Å²) in [5, 5.41) is 0. The first-order valence-corrected chi connectivity index (χ1v) is 4.45. The molecular weight excluding hydrogens is 166 g/mol. The molecule has 2 heteroatoms. The van der Waals surface area contributed by atoms with Crippen molar-refractivity contribution >= 4 is 24.6 Å². The molecule has 1 aromatic carbocycles. The molecule has 1 nitrogen and oxygen atoms in total. The van der Waals surface area contributed by atoms with Crippen LogP contribution in [0.15, 0.2) is 30.8 Å². The van der Waals surface area contributed by atoms with Crippen molar-refractivity contribution in [2.75, 3.05) is 4.72 Å². The van der Waals surface area contributed by atoms with Crippen LogP contribution in [0.2, 0.25) is 0 Å². The van der Waals surface area contributed by atoms with Crippen LogP contribution in [0.25, 0.3) is 6.08 Å². The highest BCUT2D eigenvalue weighted by molar-refractivity contribution is 7.81. The first-order chi connectivity index (χ1) is 5.88. The van der Waals surface area contributed by atoms with E-state index in [-0.39, 0.29) is 0 Å². The van der Waals surface area contributed by atoms with Gasteiger partial charge in [-0.25, -0.2) is 0 Å². The van der Waals surface area contributed by atoms with Crippen LogP contribution in [0, 0.1) is 0 Å². The van der Waals surface area contributed by atoms with Gasteiger partial charge in [-0.15, -0.1) is 0 Å². The summed E-state index contributed by atoms with van der Waals surface area (Å²) >= 11 is 3.94. The van der Waals surface area contributed by atoms with Crippen LogP contribution >= 0.6 is 12.8 Å². The number of anilines is 1. The zero-order valence-corrected chi connectivity index (χ0v) is 8.44. The zero-order valence-electron chi connectivity index (χ0n) is 7.54. The van der Waals surface area contributed by atoms with Crippen LogP contribution in [-0.2, 0) is 0 Å². The van der Waals surface area contributed by atoms with E-state index in [0.29, 0.717) is 0 Å². The maximum atomic E-state index is 3.94. The molecule has 1 aromatic rings. The van der Waals surface area contributed by atoms with Gasteiger partial charge in [0.05, 0.1) is 5.69 Å². The normalized spacial score (nSPS) is 7.92. The Morgan fingerprint density at radius 3 is 2.33 bits per heavy atom. The quantitative estimate of drug-likeness (QED) is 0.664. The number of hydrogen-bond donors (Lipinski definition) is 2. The number of para-hydroxylation sites is 1. The Balaban J connectivity index is 0.000000561. The zero-order chi connectivity index (χ0) is 9.40. The predicted molar refractivity (Wildman–Crippen MR) is 60.5 cm³/mol. The third-order valence-electron chi connectivity index (χ3n) is 1.30. The Morgan fingerprint density at radius 2 is 1.92 bits per heavy atom. The average Bonchev–Trinajstić information content (AvgIpc) is 2.20. The van der Waals surface area contributed by atoms with Crippen molar-refractivity contribution in [3.63, 3.8) is 0 Å². The number of rotatable bonds is 2. The fourth-order valence-electron chi connectivity index (χ4n) is 0.777. The van der Waals surface area contributed by atoms with Crippen LogP contribution in [0.5, 0.6) is 0 Å². The minimum atomic E-state index is 0.987. The van der Waals surface area contributed by atoms with E-state index in [0.717, 1.165) is 11.3 Å². The molecule has 1 N–H and O–H groups in total. The summed E-state index contributed by atoms with van der Waals surface area (Å²) in [6.45, 7) is 7.67. The molecule has 66 valence electrons. The molecule has 0 spiro atoms. The largest absolute Gasteiger partial charge is 0.332 e. The second-order valence-corrected chi connectivity index (χ2v) is 2.13. The maximum absolute atomic E-state index is 3.94. The topological polar surface area (TPSA) is 12.0 Å².